The van der Waals surface area contributed by atoms with Crippen molar-refractivity contribution < 1.29 is 4.74 Å². The average molecular weight is 292 g/mol. The van der Waals surface area contributed by atoms with E-state index in [1.807, 2.05) is 25.1 Å². The second-order valence-corrected chi connectivity index (χ2v) is 4.67. The predicted molar refractivity (Wildman–Crippen MR) is 81.5 cm³/mol. The highest BCUT2D eigenvalue weighted by Gasteiger charge is 2.09. The summed E-state index contributed by atoms with van der Waals surface area (Å²) in [6, 6.07) is 12.1. The van der Waals surface area contributed by atoms with Crippen LogP contribution in [0, 0.1) is 0 Å². The molecule has 0 radical (unpaired) electrons. The molecular formula is C15H18ClN3O. The van der Waals surface area contributed by atoms with Crippen molar-refractivity contribution in [2.45, 2.75) is 19.4 Å². The number of hydrogen-bond acceptors (Lipinski definition) is 4. The fourth-order valence-corrected chi connectivity index (χ4v) is 2.08. The Labute approximate surface area is 124 Å². The van der Waals surface area contributed by atoms with Crippen molar-refractivity contribution in [3.8, 4) is 5.88 Å². The van der Waals surface area contributed by atoms with Gasteiger partial charge < -0.3 is 10.1 Å². The zero-order valence-electron chi connectivity index (χ0n) is 11.4. The van der Waals surface area contributed by atoms with E-state index in [9.17, 15) is 0 Å². The first-order chi connectivity index (χ1) is 9.81. The SMILES string of the molecule is CCOc1cc(NC(CCl)Cc2ccccc2)ncn1. The van der Waals surface area contributed by atoms with Crippen molar-refractivity contribution in [1.82, 2.24) is 9.97 Å². The maximum absolute atomic E-state index is 6.03. The van der Waals surface area contributed by atoms with Crippen LogP contribution in [0.3, 0.4) is 0 Å². The molecule has 1 N–H and O–H groups in total. The van der Waals surface area contributed by atoms with Gasteiger partial charge in [0.15, 0.2) is 0 Å². The minimum atomic E-state index is 0.114. The van der Waals surface area contributed by atoms with Gasteiger partial charge in [-0.1, -0.05) is 30.3 Å². The first-order valence-corrected chi connectivity index (χ1v) is 7.16. The van der Waals surface area contributed by atoms with Crippen LogP contribution in [0.1, 0.15) is 12.5 Å². The Bertz CT molecular complexity index is 522. The largest absolute Gasteiger partial charge is 0.478 e. The molecule has 2 rings (SSSR count). The standard InChI is InChI=1S/C15H18ClN3O/c1-2-20-15-9-14(17-11-18-15)19-13(10-16)8-12-6-4-3-5-7-12/h3-7,9,11,13H,2,8,10H2,1H3,(H,17,18,19). The highest BCUT2D eigenvalue weighted by molar-refractivity contribution is 6.18. The highest BCUT2D eigenvalue weighted by atomic mass is 35.5. The predicted octanol–water partition coefficient (Wildman–Crippen LogP) is 3.14. The molecule has 1 heterocycles. The van der Waals surface area contributed by atoms with Crippen LogP contribution in [0.5, 0.6) is 5.88 Å². The number of nitrogens with zero attached hydrogens (tertiary/aromatic N) is 2. The monoisotopic (exact) mass is 291 g/mol. The fourth-order valence-electron chi connectivity index (χ4n) is 1.90. The summed E-state index contributed by atoms with van der Waals surface area (Å²) < 4.78 is 5.36. The normalized spacial score (nSPS) is 11.9. The van der Waals surface area contributed by atoms with Crippen LogP contribution in [0.2, 0.25) is 0 Å². The molecule has 1 aromatic carbocycles. The molecule has 5 heteroatoms. The minimum absolute atomic E-state index is 0.114. The van der Waals surface area contributed by atoms with Gasteiger partial charge >= 0.3 is 0 Å². The number of alkyl halides is 1. The summed E-state index contributed by atoms with van der Waals surface area (Å²) in [5, 5.41) is 3.31. The van der Waals surface area contributed by atoms with Crippen LogP contribution < -0.4 is 10.1 Å². The number of rotatable bonds is 7. The lowest BCUT2D eigenvalue weighted by Crippen LogP contribution is -2.24. The third kappa shape index (κ3) is 4.38. The van der Waals surface area contributed by atoms with Crippen molar-refractivity contribution >= 4 is 17.4 Å². The van der Waals surface area contributed by atoms with E-state index < -0.39 is 0 Å². The van der Waals surface area contributed by atoms with E-state index in [-0.39, 0.29) is 6.04 Å². The minimum Gasteiger partial charge on any atom is -0.478 e. The quantitative estimate of drug-likeness (QED) is 0.796. The number of nitrogens with one attached hydrogen (secondary N) is 1. The Morgan fingerprint density at radius 2 is 2.05 bits per heavy atom. The summed E-state index contributed by atoms with van der Waals surface area (Å²) in [6.07, 6.45) is 2.33. The van der Waals surface area contributed by atoms with Gasteiger partial charge in [0.05, 0.1) is 6.61 Å². The summed E-state index contributed by atoms with van der Waals surface area (Å²) in [5.41, 5.74) is 1.24. The Balaban J connectivity index is 2.00. The van der Waals surface area contributed by atoms with Crippen molar-refractivity contribution in [3.63, 3.8) is 0 Å². The maximum Gasteiger partial charge on any atom is 0.218 e. The van der Waals surface area contributed by atoms with Crippen molar-refractivity contribution in [2.24, 2.45) is 0 Å². The number of ether oxygens (including phenoxy) is 1. The first kappa shape index (κ1) is 14.6. The lowest BCUT2D eigenvalue weighted by molar-refractivity contribution is 0.326. The van der Waals surface area contributed by atoms with E-state index in [4.69, 9.17) is 16.3 Å². The summed E-state index contributed by atoms with van der Waals surface area (Å²) in [4.78, 5) is 8.23. The Morgan fingerprint density at radius 3 is 2.75 bits per heavy atom. The molecule has 1 unspecified atom stereocenters. The smallest absolute Gasteiger partial charge is 0.218 e. The second kappa shape index (κ2) is 7.70. The molecule has 0 aliphatic carbocycles. The molecule has 0 aliphatic heterocycles. The van der Waals surface area contributed by atoms with E-state index in [0.29, 0.717) is 18.4 Å². The van der Waals surface area contributed by atoms with Gasteiger partial charge in [0, 0.05) is 18.0 Å². The lowest BCUT2D eigenvalue weighted by Gasteiger charge is -2.17. The van der Waals surface area contributed by atoms with Crippen molar-refractivity contribution in [2.75, 3.05) is 17.8 Å². The number of benzene rings is 1. The van der Waals surface area contributed by atoms with E-state index in [2.05, 4.69) is 27.4 Å². The van der Waals surface area contributed by atoms with Gasteiger partial charge in [-0.2, -0.15) is 0 Å². The molecule has 4 nitrogen and oxygen atoms in total. The second-order valence-electron chi connectivity index (χ2n) is 4.36. The number of halogens is 1. The van der Waals surface area contributed by atoms with Crippen LogP contribution in [0.25, 0.3) is 0 Å². The molecule has 0 bridgehead atoms. The molecule has 1 atom stereocenters. The van der Waals surface area contributed by atoms with Crippen LogP contribution >= 0.6 is 11.6 Å². The Hall–Kier alpha value is -1.81. The molecular weight excluding hydrogens is 274 g/mol. The van der Waals surface area contributed by atoms with Crippen LogP contribution in [-0.2, 0) is 6.42 Å². The Morgan fingerprint density at radius 1 is 1.25 bits per heavy atom. The van der Waals surface area contributed by atoms with Gasteiger partial charge in [0.25, 0.3) is 0 Å². The van der Waals surface area contributed by atoms with Crippen molar-refractivity contribution in [1.29, 1.82) is 0 Å². The van der Waals surface area contributed by atoms with Gasteiger partial charge in [-0.15, -0.1) is 11.6 Å². The molecule has 0 fully saturated rings. The van der Waals surface area contributed by atoms with E-state index >= 15 is 0 Å². The molecule has 2 aromatic rings. The first-order valence-electron chi connectivity index (χ1n) is 6.63. The van der Waals surface area contributed by atoms with Gasteiger partial charge in [0.2, 0.25) is 5.88 Å². The van der Waals surface area contributed by atoms with Gasteiger partial charge in [-0.3, -0.25) is 0 Å². The molecule has 106 valence electrons. The number of hydrogen-bond donors (Lipinski definition) is 1. The molecule has 1 aromatic heterocycles. The molecule has 0 amide bonds. The van der Waals surface area contributed by atoms with Gasteiger partial charge in [0.1, 0.15) is 12.1 Å². The zero-order chi connectivity index (χ0) is 14.2. The average Bonchev–Trinajstić information content (AvgIpc) is 2.48. The van der Waals surface area contributed by atoms with Crippen LogP contribution in [0.4, 0.5) is 5.82 Å². The number of anilines is 1. The Kier molecular flexibility index (Phi) is 5.62. The van der Waals surface area contributed by atoms with Crippen LogP contribution in [-0.4, -0.2) is 28.5 Å². The van der Waals surface area contributed by atoms with Crippen molar-refractivity contribution in [3.05, 3.63) is 48.3 Å². The topological polar surface area (TPSA) is 47.0 Å². The molecule has 0 saturated heterocycles. The number of aromatic nitrogens is 2. The molecule has 0 spiro atoms. The zero-order valence-corrected chi connectivity index (χ0v) is 12.2. The summed E-state index contributed by atoms with van der Waals surface area (Å²) in [5.74, 6) is 1.80. The third-order valence-corrected chi connectivity index (χ3v) is 3.17. The summed E-state index contributed by atoms with van der Waals surface area (Å²) >= 11 is 6.03. The van der Waals surface area contributed by atoms with Crippen LogP contribution in [0.15, 0.2) is 42.7 Å². The summed E-state index contributed by atoms with van der Waals surface area (Å²) in [6.45, 7) is 2.51. The van der Waals surface area contributed by atoms with E-state index in [1.165, 1.54) is 11.9 Å². The highest BCUT2D eigenvalue weighted by Crippen LogP contribution is 2.14. The molecule has 0 saturated carbocycles. The fraction of sp³-hybridized carbons (Fsp3) is 0.333. The van der Waals surface area contributed by atoms with E-state index in [1.54, 1.807) is 6.07 Å². The van der Waals surface area contributed by atoms with Gasteiger partial charge in [-0.25, -0.2) is 9.97 Å². The molecule has 20 heavy (non-hydrogen) atoms. The van der Waals surface area contributed by atoms with E-state index in [0.717, 1.165) is 12.2 Å². The van der Waals surface area contributed by atoms with Gasteiger partial charge in [-0.05, 0) is 18.9 Å². The maximum atomic E-state index is 6.03. The third-order valence-electron chi connectivity index (χ3n) is 2.80. The molecule has 0 aliphatic rings. The lowest BCUT2D eigenvalue weighted by atomic mass is 10.1. The summed E-state index contributed by atoms with van der Waals surface area (Å²) in [7, 11) is 0.